The van der Waals surface area contributed by atoms with Crippen LogP contribution in [-0.4, -0.2) is 9.78 Å². The van der Waals surface area contributed by atoms with E-state index in [1.165, 1.54) is 0 Å². The van der Waals surface area contributed by atoms with Gasteiger partial charge in [-0.1, -0.05) is 34.6 Å². The summed E-state index contributed by atoms with van der Waals surface area (Å²) in [6.07, 6.45) is 0. The summed E-state index contributed by atoms with van der Waals surface area (Å²) in [6, 6.07) is 4.26. The zero-order chi connectivity index (χ0) is 11.6. The van der Waals surface area contributed by atoms with E-state index in [1.807, 2.05) is 4.68 Å². The molecule has 0 radical (unpaired) electrons. The Labute approximate surface area is 91.7 Å². The van der Waals surface area contributed by atoms with Gasteiger partial charge in [-0.05, 0) is 12.0 Å². The highest BCUT2D eigenvalue weighted by Gasteiger charge is 2.21. The Bertz CT molecular complexity index is 375. The molecule has 0 fully saturated rings. The van der Waals surface area contributed by atoms with Gasteiger partial charge in [-0.3, -0.25) is 4.68 Å². The van der Waals surface area contributed by atoms with Crippen LogP contribution in [0.25, 0.3) is 0 Å². The van der Waals surface area contributed by atoms with Gasteiger partial charge in [-0.2, -0.15) is 10.4 Å². The van der Waals surface area contributed by atoms with E-state index in [1.54, 1.807) is 0 Å². The Hall–Kier alpha value is -1.30. The lowest BCUT2D eigenvalue weighted by molar-refractivity contribution is 0.509. The third-order valence-electron chi connectivity index (χ3n) is 2.38. The minimum absolute atomic E-state index is 0.0387. The zero-order valence-electron chi connectivity index (χ0n) is 10.2. The van der Waals surface area contributed by atoms with Crippen LogP contribution in [0.15, 0.2) is 6.07 Å². The second-order valence-corrected chi connectivity index (χ2v) is 5.17. The topological polar surface area (TPSA) is 41.6 Å². The third-order valence-corrected chi connectivity index (χ3v) is 2.38. The molecule has 3 heteroatoms. The van der Waals surface area contributed by atoms with Crippen LogP contribution in [0.2, 0.25) is 0 Å². The highest BCUT2D eigenvalue weighted by molar-refractivity contribution is 5.20. The van der Waals surface area contributed by atoms with E-state index < -0.39 is 0 Å². The number of hydrogen-bond donors (Lipinski definition) is 0. The van der Waals surface area contributed by atoms with Crippen molar-refractivity contribution in [1.29, 1.82) is 5.26 Å². The molecule has 0 aliphatic heterocycles. The fraction of sp³-hybridized carbons (Fsp3) is 0.667. The van der Waals surface area contributed by atoms with Gasteiger partial charge in [-0.15, -0.1) is 0 Å². The first-order valence-corrected chi connectivity index (χ1v) is 5.31. The summed E-state index contributed by atoms with van der Waals surface area (Å²) < 4.78 is 1.81. The Balaban J connectivity index is 3.19. The van der Waals surface area contributed by atoms with Crippen LogP contribution in [-0.2, 0) is 12.0 Å². The molecule has 0 saturated carbocycles. The number of rotatable bonds is 2. The molecule has 0 saturated heterocycles. The Morgan fingerprint density at radius 3 is 2.47 bits per heavy atom. The molecule has 0 aliphatic carbocycles. The summed E-state index contributed by atoms with van der Waals surface area (Å²) in [6.45, 7) is 11.0. The van der Waals surface area contributed by atoms with Gasteiger partial charge >= 0.3 is 0 Å². The van der Waals surface area contributed by atoms with Gasteiger partial charge in [0.2, 0.25) is 0 Å². The van der Waals surface area contributed by atoms with E-state index in [-0.39, 0.29) is 5.41 Å². The number of nitrogens with zero attached hydrogens (tertiary/aromatic N) is 3. The molecule has 0 atom stereocenters. The number of hydrogen-bond acceptors (Lipinski definition) is 2. The van der Waals surface area contributed by atoms with Crippen LogP contribution < -0.4 is 0 Å². The van der Waals surface area contributed by atoms with E-state index >= 15 is 0 Å². The summed E-state index contributed by atoms with van der Waals surface area (Å²) in [5.74, 6) is 0.408. The molecule has 82 valence electrons. The van der Waals surface area contributed by atoms with Gasteiger partial charge < -0.3 is 0 Å². The SMILES string of the molecule is CC(C)c1cc(C(C)(C)C)n(CC#N)n1. The second-order valence-electron chi connectivity index (χ2n) is 5.17. The van der Waals surface area contributed by atoms with Crippen molar-refractivity contribution >= 4 is 0 Å². The van der Waals surface area contributed by atoms with Crippen LogP contribution in [0.3, 0.4) is 0 Å². The van der Waals surface area contributed by atoms with Crippen LogP contribution in [0, 0.1) is 11.3 Å². The highest BCUT2D eigenvalue weighted by Crippen LogP contribution is 2.25. The summed E-state index contributed by atoms with van der Waals surface area (Å²) in [7, 11) is 0. The average Bonchev–Trinajstić information content (AvgIpc) is 2.48. The monoisotopic (exact) mass is 205 g/mol. The first-order valence-electron chi connectivity index (χ1n) is 5.31. The van der Waals surface area contributed by atoms with E-state index in [0.29, 0.717) is 12.5 Å². The van der Waals surface area contributed by atoms with Crippen LogP contribution in [0.1, 0.15) is 51.9 Å². The van der Waals surface area contributed by atoms with Crippen molar-refractivity contribution in [1.82, 2.24) is 9.78 Å². The quantitative estimate of drug-likeness (QED) is 0.745. The Morgan fingerprint density at radius 2 is 2.07 bits per heavy atom. The summed E-state index contributed by atoms with van der Waals surface area (Å²) in [5, 5.41) is 13.2. The molecular weight excluding hydrogens is 186 g/mol. The van der Waals surface area contributed by atoms with E-state index in [4.69, 9.17) is 5.26 Å². The van der Waals surface area contributed by atoms with E-state index in [2.05, 4.69) is 51.9 Å². The molecule has 1 aromatic rings. The van der Waals surface area contributed by atoms with Gasteiger partial charge in [-0.25, -0.2) is 0 Å². The largest absolute Gasteiger partial charge is 0.255 e. The first-order chi connectivity index (χ1) is 6.86. The fourth-order valence-electron chi connectivity index (χ4n) is 1.51. The molecule has 1 heterocycles. The molecule has 1 rings (SSSR count). The Morgan fingerprint density at radius 1 is 1.47 bits per heavy atom. The molecule has 0 unspecified atom stereocenters. The van der Waals surface area contributed by atoms with E-state index in [9.17, 15) is 0 Å². The fourth-order valence-corrected chi connectivity index (χ4v) is 1.51. The third kappa shape index (κ3) is 2.59. The molecule has 15 heavy (non-hydrogen) atoms. The maximum absolute atomic E-state index is 8.75. The van der Waals surface area contributed by atoms with Crippen molar-refractivity contribution < 1.29 is 0 Å². The summed E-state index contributed by atoms with van der Waals surface area (Å²) in [5.41, 5.74) is 2.24. The predicted molar refractivity (Wildman–Crippen MR) is 60.6 cm³/mol. The normalized spacial score (nSPS) is 11.8. The smallest absolute Gasteiger partial charge is 0.128 e. The molecule has 0 N–H and O–H groups in total. The van der Waals surface area contributed by atoms with Crippen molar-refractivity contribution in [3.8, 4) is 6.07 Å². The lowest BCUT2D eigenvalue weighted by Crippen LogP contribution is -2.18. The second kappa shape index (κ2) is 4.06. The maximum Gasteiger partial charge on any atom is 0.128 e. The van der Waals surface area contributed by atoms with E-state index in [0.717, 1.165) is 11.4 Å². The summed E-state index contributed by atoms with van der Waals surface area (Å²) >= 11 is 0. The molecule has 0 spiro atoms. The van der Waals surface area contributed by atoms with Gasteiger partial charge in [0.1, 0.15) is 6.54 Å². The van der Waals surface area contributed by atoms with Crippen molar-refractivity contribution in [3.05, 3.63) is 17.5 Å². The van der Waals surface area contributed by atoms with Crippen LogP contribution in [0.5, 0.6) is 0 Å². The molecule has 0 amide bonds. The van der Waals surface area contributed by atoms with Gasteiger partial charge in [0.15, 0.2) is 0 Å². The van der Waals surface area contributed by atoms with Gasteiger partial charge in [0.05, 0.1) is 11.8 Å². The first kappa shape index (κ1) is 11.8. The molecule has 1 aromatic heterocycles. The molecule has 0 aliphatic rings. The van der Waals surface area contributed by atoms with Gasteiger partial charge in [0.25, 0.3) is 0 Å². The standard InChI is InChI=1S/C12H19N3/c1-9(2)10-8-11(12(3,4)5)15(14-10)7-6-13/h8-9H,7H2,1-5H3. The van der Waals surface area contributed by atoms with Crippen molar-refractivity contribution in [2.24, 2.45) is 0 Å². The maximum atomic E-state index is 8.75. The van der Waals surface area contributed by atoms with Crippen molar-refractivity contribution in [3.63, 3.8) is 0 Å². The molecule has 0 bridgehead atoms. The van der Waals surface area contributed by atoms with Crippen LogP contribution >= 0.6 is 0 Å². The van der Waals surface area contributed by atoms with Crippen molar-refractivity contribution in [2.75, 3.05) is 0 Å². The number of nitriles is 1. The minimum Gasteiger partial charge on any atom is -0.255 e. The van der Waals surface area contributed by atoms with Gasteiger partial charge in [0, 0.05) is 11.1 Å². The van der Waals surface area contributed by atoms with Crippen molar-refractivity contribution in [2.45, 2.75) is 52.5 Å². The number of aromatic nitrogens is 2. The highest BCUT2D eigenvalue weighted by atomic mass is 15.3. The van der Waals surface area contributed by atoms with Crippen LogP contribution in [0.4, 0.5) is 0 Å². The average molecular weight is 205 g/mol. The minimum atomic E-state index is 0.0387. The molecule has 0 aromatic carbocycles. The lowest BCUT2D eigenvalue weighted by Gasteiger charge is -2.18. The predicted octanol–water partition coefficient (Wildman–Crippen LogP) is 2.83. The lowest BCUT2D eigenvalue weighted by atomic mass is 9.91. The molecule has 3 nitrogen and oxygen atoms in total. The summed E-state index contributed by atoms with van der Waals surface area (Å²) in [4.78, 5) is 0. The molecular formula is C12H19N3. The Kier molecular flexibility index (Phi) is 3.18. The zero-order valence-corrected chi connectivity index (χ0v) is 10.2.